The molecule has 1 saturated heterocycles. The van der Waals surface area contributed by atoms with E-state index in [2.05, 4.69) is 21.2 Å². The lowest BCUT2D eigenvalue weighted by Crippen LogP contribution is -2.48. The number of ether oxygens (including phenoxy) is 2. The summed E-state index contributed by atoms with van der Waals surface area (Å²) < 4.78 is 10.5. The number of benzene rings is 1. The second kappa shape index (κ2) is 9.39. The number of carbonyl (C=O) groups is 2. The van der Waals surface area contributed by atoms with Gasteiger partial charge in [0.25, 0.3) is 0 Å². The third-order valence-corrected chi connectivity index (χ3v) is 4.92. The summed E-state index contributed by atoms with van der Waals surface area (Å²) in [6.45, 7) is 4.30. The van der Waals surface area contributed by atoms with Crippen molar-refractivity contribution < 1.29 is 24.2 Å². The van der Waals surface area contributed by atoms with Crippen LogP contribution in [0.5, 0.6) is 11.5 Å². The van der Waals surface area contributed by atoms with Gasteiger partial charge in [-0.25, -0.2) is 0 Å². The SMILES string of the molecule is N#CCCN1CCN(C[C@@H](CC(=O)Nc2ccc3c(c2)OCO3)C(=O)O)CC1. The molecule has 0 radical (unpaired) electrons. The molecule has 28 heavy (non-hydrogen) atoms. The lowest BCUT2D eigenvalue weighted by atomic mass is 10.0. The average Bonchev–Trinajstić information content (AvgIpc) is 3.14. The molecule has 0 aromatic heterocycles. The number of rotatable bonds is 8. The van der Waals surface area contributed by atoms with E-state index in [1.165, 1.54) is 0 Å². The monoisotopic (exact) mass is 388 g/mol. The van der Waals surface area contributed by atoms with Crippen molar-refractivity contribution in [1.82, 2.24) is 9.80 Å². The number of hydrogen-bond acceptors (Lipinski definition) is 7. The molecule has 0 spiro atoms. The van der Waals surface area contributed by atoms with Gasteiger partial charge in [-0.1, -0.05) is 0 Å². The summed E-state index contributed by atoms with van der Waals surface area (Å²) in [7, 11) is 0. The molecule has 1 fully saturated rings. The van der Waals surface area contributed by atoms with E-state index in [1.54, 1.807) is 18.2 Å². The molecule has 1 amide bonds. The molecule has 3 rings (SSSR count). The van der Waals surface area contributed by atoms with E-state index in [9.17, 15) is 14.7 Å². The highest BCUT2D eigenvalue weighted by Crippen LogP contribution is 2.34. The number of hydrogen-bond donors (Lipinski definition) is 2. The van der Waals surface area contributed by atoms with Crippen molar-refractivity contribution in [3.8, 4) is 17.6 Å². The molecule has 2 aliphatic heterocycles. The molecule has 9 heteroatoms. The average molecular weight is 388 g/mol. The summed E-state index contributed by atoms with van der Waals surface area (Å²) in [6.07, 6.45) is 0.399. The molecule has 2 heterocycles. The molecule has 1 aromatic carbocycles. The van der Waals surface area contributed by atoms with Crippen LogP contribution in [-0.2, 0) is 9.59 Å². The number of aliphatic carboxylic acids is 1. The first-order valence-corrected chi connectivity index (χ1v) is 9.29. The normalized spacial score (nSPS) is 17.7. The van der Waals surface area contributed by atoms with Crippen LogP contribution in [0.4, 0.5) is 5.69 Å². The van der Waals surface area contributed by atoms with Gasteiger partial charge in [0.2, 0.25) is 12.7 Å². The summed E-state index contributed by atoms with van der Waals surface area (Å²) >= 11 is 0. The number of nitrogens with one attached hydrogen (secondary N) is 1. The Morgan fingerprint density at radius 2 is 1.89 bits per heavy atom. The minimum atomic E-state index is -0.979. The molecular weight excluding hydrogens is 364 g/mol. The van der Waals surface area contributed by atoms with Gasteiger partial charge in [0.1, 0.15) is 0 Å². The first kappa shape index (κ1) is 19.9. The molecule has 0 unspecified atom stereocenters. The van der Waals surface area contributed by atoms with Crippen molar-refractivity contribution in [2.75, 3.05) is 51.4 Å². The molecule has 9 nitrogen and oxygen atoms in total. The first-order chi connectivity index (χ1) is 13.5. The van der Waals surface area contributed by atoms with Crippen LogP contribution in [-0.4, -0.2) is 72.8 Å². The molecule has 0 saturated carbocycles. The van der Waals surface area contributed by atoms with Crippen LogP contribution in [0.3, 0.4) is 0 Å². The van der Waals surface area contributed by atoms with Gasteiger partial charge in [-0.2, -0.15) is 5.26 Å². The third kappa shape index (κ3) is 5.34. The van der Waals surface area contributed by atoms with E-state index in [0.717, 1.165) is 32.7 Å². The van der Waals surface area contributed by atoms with Crippen molar-refractivity contribution in [3.63, 3.8) is 0 Å². The predicted octanol–water partition coefficient (Wildman–Crippen LogP) is 0.976. The highest BCUT2D eigenvalue weighted by Gasteiger charge is 2.26. The zero-order chi connectivity index (χ0) is 19.9. The Hall–Kier alpha value is -2.83. The predicted molar refractivity (Wildman–Crippen MR) is 100 cm³/mol. The van der Waals surface area contributed by atoms with Crippen LogP contribution in [0.15, 0.2) is 18.2 Å². The van der Waals surface area contributed by atoms with Crippen LogP contribution in [0.25, 0.3) is 0 Å². The van der Waals surface area contributed by atoms with Crippen molar-refractivity contribution >= 4 is 17.6 Å². The van der Waals surface area contributed by atoms with Crippen molar-refractivity contribution in [1.29, 1.82) is 5.26 Å². The number of carbonyl (C=O) groups excluding carboxylic acids is 1. The molecule has 2 aliphatic rings. The Balaban J connectivity index is 1.48. The van der Waals surface area contributed by atoms with Crippen molar-refractivity contribution in [3.05, 3.63) is 18.2 Å². The Morgan fingerprint density at radius 3 is 2.61 bits per heavy atom. The molecule has 0 bridgehead atoms. The van der Waals surface area contributed by atoms with E-state index >= 15 is 0 Å². The van der Waals surface area contributed by atoms with Gasteiger partial charge < -0.3 is 19.9 Å². The topological polar surface area (TPSA) is 115 Å². The van der Waals surface area contributed by atoms with E-state index in [0.29, 0.717) is 30.2 Å². The van der Waals surface area contributed by atoms with Crippen LogP contribution >= 0.6 is 0 Å². The van der Waals surface area contributed by atoms with Gasteiger partial charge in [-0.3, -0.25) is 19.4 Å². The summed E-state index contributed by atoms with van der Waals surface area (Å²) in [5, 5.41) is 20.9. The number of nitrogens with zero attached hydrogens (tertiary/aromatic N) is 3. The number of carboxylic acids is 1. The summed E-state index contributed by atoms with van der Waals surface area (Å²) in [5.41, 5.74) is 0.546. The summed E-state index contributed by atoms with van der Waals surface area (Å²) in [4.78, 5) is 28.2. The molecule has 0 aliphatic carbocycles. The Kier molecular flexibility index (Phi) is 6.68. The number of amides is 1. The van der Waals surface area contributed by atoms with Crippen LogP contribution < -0.4 is 14.8 Å². The standard InChI is InChI=1S/C19H24N4O5/c20-4-1-5-22-6-8-23(9-7-22)12-14(19(25)26)10-18(24)21-15-2-3-16-17(11-15)28-13-27-16/h2-3,11,14H,1,5-10,12-13H2,(H,21,24)(H,25,26)/t14-/m1/s1. The second-order valence-corrected chi connectivity index (χ2v) is 6.91. The molecule has 2 N–H and O–H groups in total. The molecular formula is C19H24N4O5. The maximum Gasteiger partial charge on any atom is 0.308 e. The zero-order valence-electron chi connectivity index (χ0n) is 15.6. The van der Waals surface area contributed by atoms with Gasteiger partial charge in [0.05, 0.1) is 12.0 Å². The fraction of sp³-hybridized carbons (Fsp3) is 0.526. The van der Waals surface area contributed by atoms with E-state index in [1.807, 2.05) is 0 Å². The fourth-order valence-electron chi connectivity index (χ4n) is 3.36. The highest BCUT2D eigenvalue weighted by molar-refractivity contribution is 5.93. The lowest BCUT2D eigenvalue weighted by Gasteiger charge is -2.35. The van der Waals surface area contributed by atoms with Crippen LogP contribution in [0.2, 0.25) is 0 Å². The van der Waals surface area contributed by atoms with Gasteiger partial charge >= 0.3 is 5.97 Å². The highest BCUT2D eigenvalue weighted by atomic mass is 16.7. The number of carboxylic acid groups (broad SMARTS) is 1. The number of fused-ring (bicyclic) bond motifs is 1. The van der Waals surface area contributed by atoms with Crippen LogP contribution in [0.1, 0.15) is 12.8 Å². The van der Waals surface area contributed by atoms with E-state index in [-0.39, 0.29) is 19.1 Å². The largest absolute Gasteiger partial charge is 0.481 e. The number of nitriles is 1. The lowest BCUT2D eigenvalue weighted by molar-refractivity contribution is -0.144. The summed E-state index contributed by atoms with van der Waals surface area (Å²) in [6, 6.07) is 7.20. The third-order valence-electron chi connectivity index (χ3n) is 4.92. The van der Waals surface area contributed by atoms with Gasteiger partial charge in [0, 0.05) is 63.9 Å². The minimum absolute atomic E-state index is 0.0988. The quantitative estimate of drug-likeness (QED) is 0.677. The smallest absolute Gasteiger partial charge is 0.308 e. The Morgan fingerprint density at radius 1 is 1.18 bits per heavy atom. The fourth-order valence-corrected chi connectivity index (χ4v) is 3.36. The molecule has 150 valence electrons. The molecule has 1 atom stereocenters. The maximum atomic E-state index is 12.3. The van der Waals surface area contributed by atoms with Crippen LogP contribution in [0, 0.1) is 17.2 Å². The van der Waals surface area contributed by atoms with E-state index < -0.39 is 11.9 Å². The number of anilines is 1. The van der Waals surface area contributed by atoms with E-state index in [4.69, 9.17) is 14.7 Å². The second-order valence-electron chi connectivity index (χ2n) is 6.91. The summed E-state index contributed by atoms with van der Waals surface area (Å²) in [5.74, 6) is -0.927. The first-order valence-electron chi connectivity index (χ1n) is 9.29. The van der Waals surface area contributed by atoms with Gasteiger partial charge in [-0.15, -0.1) is 0 Å². The minimum Gasteiger partial charge on any atom is -0.481 e. The molecule has 1 aromatic rings. The van der Waals surface area contributed by atoms with Gasteiger partial charge in [-0.05, 0) is 12.1 Å². The number of piperazine rings is 1. The zero-order valence-corrected chi connectivity index (χ0v) is 15.6. The Labute approximate surface area is 163 Å². The Bertz CT molecular complexity index is 755. The maximum absolute atomic E-state index is 12.3. The van der Waals surface area contributed by atoms with Crippen molar-refractivity contribution in [2.24, 2.45) is 5.92 Å². The van der Waals surface area contributed by atoms with Gasteiger partial charge in [0.15, 0.2) is 11.5 Å². The van der Waals surface area contributed by atoms with Crippen molar-refractivity contribution in [2.45, 2.75) is 12.8 Å².